The number of piperazine rings is 1. The molecule has 0 unspecified atom stereocenters. The Balaban J connectivity index is 1.49. The van der Waals surface area contributed by atoms with E-state index in [1.165, 1.54) is 34.3 Å². The molecule has 7 heteroatoms. The predicted octanol–water partition coefficient (Wildman–Crippen LogP) is 2.60. The van der Waals surface area contributed by atoms with Gasteiger partial charge in [0.1, 0.15) is 5.01 Å². The van der Waals surface area contributed by atoms with Gasteiger partial charge in [-0.3, -0.25) is 4.79 Å². The zero-order valence-corrected chi connectivity index (χ0v) is 15.0. The van der Waals surface area contributed by atoms with E-state index in [9.17, 15) is 4.79 Å². The molecule has 0 aliphatic carbocycles. The summed E-state index contributed by atoms with van der Waals surface area (Å²) in [5, 5.41) is 8.96. The molecule has 2 heterocycles. The average molecular weight is 348 g/mol. The van der Waals surface area contributed by atoms with Crippen molar-refractivity contribution in [3.63, 3.8) is 0 Å². The fourth-order valence-corrected chi connectivity index (χ4v) is 4.31. The van der Waals surface area contributed by atoms with Crippen LogP contribution in [-0.4, -0.2) is 52.9 Å². The van der Waals surface area contributed by atoms with Crippen molar-refractivity contribution in [2.45, 2.75) is 18.2 Å². The van der Waals surface area contributed by atoms with Crippen LogP contribution in [-0.2, 0) is 4.79 Å². The lowest BCUT2D eigenvalue weighted by Gasteiger charge is -2.36. The highest BCUT2D eigenvalue weighted by Gasteiger charge is 2.21. The van der Waals surface area contributed by atoms with Crippen LogP contribution in [0.15, 0.2) is 28.6 Å². The minimum atomic E-state index is 0.187. The van der Waals surface area contributed by atoms with Crippen molar-refractivity contribution in [2.75, 3.05) is 36.8 Å². The Morgan fingerprint density at radius 2 is 2.00 bits per heavy atom. The molecule has 1 aromatic heterocycles. The van der Waals surface area contributed by atoms with Crippen molar-refractivity contribution in [3.8, 4) is 0 Å². The summed E-state index contributed by atoms with van der Waals surface area (Å²) in [6.45, 7) is 7.37. The molecule has 122 valence electrons. The lowest BCUT2D eigenvalue weighted by Crippen LogP contribution is -2.49. The minimum Gasteiger partial charge on any atom is -0.368 e. The summed E-state index contributed by atoms with van der Waals surface area (Å²) in [5.74, 6) is 0.630. The number of hydrogen-bond acceptors (Lipinski definition) is 6. The van der Waals surface area contributed by atoms with Crippen LogP contribution in [0.1, 0.15) is 10.6 Å². The molecule has 1 aliphatic heterocycles. The molecule has 5 nitrogen and oxygen atoms in total. The number of aromatic nitrogens is 2. The molecule has 0 radical (unpaired) electrons. The van der Waals surface area contributed by atoms with Gasteiger partial charge in [-0.15, -0.1) is 10.2 Å². The number of carbonyl (C=O) groups is 1. The highest BCUT2D eigenvalue weighted by Crippen LogP contribution is 2.23. The molecule has 0 spiro atoms. The van der Waals surface area contributed by atoms with Crippen LogP contribution >= 0.6 is 23.1 Å². The van der Waals surface area contributed by atoms with Gasteiger partial charge in [-0.1, -0.05) is 35.2 Å². The average Bonchev–Trinajstić information content (AvgIpc) is 2.98. The first-order chi connectivity index (χ1) is 11.1. The topological polar surface area (TPSA) is 49.3 Å². The summed E-state index contributed by atoms with van der Waals surface area (Å²) in [7, 11) is 0. The Hall–Kier alpha value is -1.60. The predicted molar refractivity (Wildman–Crippen MR) is 95.3 cm³/mol. The van der Waals surface area contributed by atoms with Gasteiger partial charge in [-0.25, -0.2) is 0 Å². The van der Waals surface area contributed by atoms with E-state index in [0.717, 1.165) is 35.5 Å². The number of thioether (sulfide) groups is 1. The van der Waals surface area contributed by atoms with E-state index in [2.05, 4.69) is 46.3 Å². The van der Waals surface area contributed by atoms with Crippen molar-refractivity contribution in [1.29, 1.82) is 0 Å². The van der Waals surface area contributed by atoms with E-state index in [4.69, 9.17) is 0 Å². The van der Waals surface area contributed by atoms with Gasteiger partial charge in [0.15, 0.2) is 4.34 Å². The summed E-state index contributed by atoms with van der Waals surface area (Å²) in [6, 6.07) is 8.53. The summed E-state index contributed by atoms with van der Waals surface area (Å²) in [5.41, 5.74) is 2.51. The molecule has 1 aromatic carbocycles. The van der Waals surface area contributed by atoms with E-state index in [-0.39, 0.29) is 5.91 Å². The second-order valence-electron chi connectivity index (χ2n) is 5.58. The fraction of sp³-hybridized carbons (Fsp3) is 0.438. The first-order valence-electron chi connectivity index (χ1n) is 7.64. The highest BCUT2D eigenvalue weighted by atomic mass is 32.2. The molecular weight excluding hydrogens is 328 g/mol. The number of hydrogen-bond donors (Lipinski definition) is 0. The van der Waals surface area contributed by atoms with Crippen molar-refractivity contribution in [1.82, 2.24) is 15.1 Å². The molecule has 1 amide bonds. The van der Waals surface area contributed by atoms with Crippen LogP contribution in [0.2, 0.25) is 0 Å². The van der Waals surface area contributed by atoms with Gasteiger partial charge in [0.05, 0.1) is 5.75 Å². The Labute approximate surface area is 144 Å². The van der Waals surface area contributed by atoms with Crippen LogP contribution in [0.3, 0.4) is 0 Å². The normalized spacial score (nSPS) is 15.0. The van der Waals surface area contributed by atoms with Crippen molar-refractivity contribution in [2.24, 2.45) is 0 Å². The zero-order valence-electron chi connectivity index (χ0n) is 13.4. The van der Waals surface area contributed by atoms with Crippen molar-refractivity contribution >= 4 is 34.7 Å². The first-order valence-corrected chi connectivity index (χ1v) is 9.44. The smallest absolute Gasteiger partial charge is 0.233 e. The molecule has 0 bridgehead atoms. The molecule has 1 fully saturated rings. The number of nitrogens with zero attached hydrogens (tertiary/aromatic N) is 4. The van der Waals surface area contributed by atoms with E-state index in [1.54, 1.807) is 0 Å². The fourth-order valence-electron chi connectivity index (χ4n) is 2.59. The van der Waals surface area contributed by atoms with Gasteiger partial charge < -0.3 is 9.80 Å². The quantitative estimate of drug-likeness (QED) is 0.795. The second-order valence-corrected chi connectivity index (χ2v) is 7.99. The van der Waals surface area contributed by atoms with Gasteiger partial charge >= 0.3 is 0 Å². The Bertz CT molecular complexity index is 680. The lowest BCUT2D eigenvalue weighted by atomic mass is 10.2. The maximum Gasteiger partial charge on any atom is 0.233 e. The maximum atomic E-state index is 12.3. The van der Waals surface area contributed by atoms with E-state index < -0.39 is 0 Å². The van der Waals surface area contributed by atoms with E-state index >= 15 is 0 Å². The number of carbonyl (C=O) groups excluding carboxylic acids is 1. The third-order valence-corrected chi connectivity index (χ3v) is 5.78. The number of anilines is 1. The van der Waals surface area contributed by atoms with Crippen LogP contribution < -0.4 is 4.90 Å². The lowest BCUT2D eigenvalue weighted by molar-refractivity contribution is -0.128. The highest BCUT2D eigenvalue weighted by molar-refractivity contribution is 8.01. The molecule has 1 aliphatic rings. The summed E-state index contributed by atoms with van der Waals surface area (Å²) >= 11 is 3.02. The maximum absolute atomic E-state index is 12.3. The van der Waals surface area contributed by atoms with Gasteiger partial charge in [0.25, 0.3) is 0 Å². The third kappa shape index (κ3) is 4.23. The monoisotopic (exact) mass is 348 g/mol. The summed E-state index contributed by atoms with van der Waals surface area (Å²) in [4.78, 5) is 16.6. The molecule has 23 heavy (non-hydrogen) atoms. The third-order valence-electron chi connectivity index (χ3n) is 3.83. The van der Waals surface area contributed by atoms with Crippen molar-refractivity contribution < 1.29 is 4.79 Å². The molecular formula is C16H20N4OS2. The molecule has 0 atom stereocenters. The molecule has 2 aromatic rings. The van der Waals surface area contributed by atoms with Crippen LogP contribution in [0.4, 0.5) is 5.69 Å². The SMILES string of the molecule is Cc1cccc(N2CCN(C(=O)CSc3nnc(C)s3)CC2)c1. The Morgan fingerprint density at radius 3 is 2.65 bits per heavy atom. The number of rotatable bonds is 4. The number of benzene rings is 1. The largest absolute Gasteiger partial charge is 0.368 e. The first kappa shape index (κ1) is 16.3. The van der Waals surface area contributed by atoms with Gasteiger partial charge in [0.2, 0.25) is 5.91 Å². The van der Waals surface area contributed by atoms with Gasteiger partial charge in [-0.05, 0) is 31.5 Å². The van der Waals surface area contributed by atoms with Crippen LogP contribution in [0.5, 0.6) is 0 Å². The summed E-state index contributed by atoms with van der Waals surface area (Å²) in [6.07, 6.45) is 0. The van der Waals surface area contributed by atoms with Crippen molar-refractivity contribution in [3.05, 3.63) is 34.8 Å². The zero-order chi connectivity index (χ0) is 16.2. The van der Waals surface area contributed by atoms with E-state index in [0.29, 0.717) is 5.75 Å². The van der Waals surface area contributed by atoms with Crippen LogP contribution in [0.25, 0.3) is 0 Å². The number of aryl methyl sites for hydroxylation is 2. The molecule has 0 N–H and O–H groups in total. The Kier molecular flexibility index (Phi) is 5.17. The van der Waals surface area contributed by atoms with E-state index in [1.807, 2.05) is 11.8 Å². The standard InChI is InChI=1S/C16H20N4OS2/c1-12-4-3-5-14(10-12)19-6-8-20(9-7-19)15(21)11-22-16-18-17-13(2)23-16/h3-5,10H,6-9,11H2,1-2H3. The molecule has 3 rings (SSSR count). The molecule has 0 saturated carbocycles. The Morgan fingerprint density at radius 1 is 1.22 bits per heavy atom. The summed E-state index contributed by atoms with van der Waals surface area (Å²) < 4.78 is 0.870. The minimum absolute atomic E-state index is 0.187. The van der Waals surface area contributed by atoms with Crippen LogP contribution in [0, 0.1) is 13.8 Å². The van der Waals surface area contributed by atoms with Gasteiger partial charge in [0, 0.05) is 31.9 Å². The second kappa shape index (κ2) is 7.31. The molecule has 1 saturated heterocycles. The van der Waals surface area contributed by atoms with Gasteiger partial charge in [-0.2, -0.15) is 0 Å². The number of amides is 1.